The Balaban J connectivity index is 1.92. The normalized spacial score (nSPS) is 19.2. The van der Waals surface area contributed by atoms with E-state index in [-0.39, 0.29) is 6.04 Å². The molecule has 1 saturated carbocycles. The first-order valence-corrected chi connectivity index (χ1v) is 7.24. The van der Waals surface area contributed by atoms with Gasteiger partial charge in [0, 0.05) is 11.6 Å². The second-order valence-electron chi connectivity index (χ2n) is 5.50. The largest absolute Gasteiger partial charge is 0.493 e. The topological polar surface area (TPSA) is 35.2 Å². The molecular weight excluding hydrogens is 222 g/mol. The summed E-state index contributed by atoms with van der Waals surface area (Å²) in [5.74, 6) is 1.70. The van der Waals surface area contributed by atoms with E-state index in [9.17, 15) is 0 Å². The third-order valence-electron chi connectivity index (χ3n) is 3.86. The predicted octanol–water partition coefficient (Wildman–Crippen LogP) is 4.06. The van der Waals surface area contributed by atoms with Crippen LogP contribution in [-0.2, 0) is 0 Å². The molecule has 1 fully saturated rings. The first-order chi connectivity index (χ1) is 8.77. The number of hydrogen-bond acceptors (Lipinski definition) is 2. The molecule has 2 nitrogen and oxygen atoms in total. The Hall–Kier alpha value is -1.02. The Kier molecular flexibility index (Phi) is 5.06. The monoisotopic (exact) mass is 247 g/mol. The Morgan fingerprint density at radius 2 is 1.83 bits per heavy atom. The van der Waals surface area contributed by atoms with Crippen LogP contribution < -0.4 is 10.5 Å². The van der Waals surface area contributed by atoms with Crippen molar-refractivity contribution in [2.24, 2.45) is 11.7 Å². The molecule has 1 aromatic carbocycles. The Labute approximate surface area is 111 Å². The van der Waals surface area contributed by atoms with E-state index >= 15 is 0 Å². The van der Waals surface area contributed by atoms with Crippen LogP contribution in [0.25, 0.3) is 0 Å². The van der Waals surface area contributed by atoms with E-state index in [1.807, 2.05) is 25.1 Å². The number of benzene rings is 1. The van der Waals surface area contributed by atoms with Crippen LogP contribution in [-0.4, -0.2) is 6.61 Å². The van der Waals surface area contributed by atoms with E-state index in [0.29, 0.717) is 0 Å². The van der Waals surface area contributed by atoms with E-state index in [1.54, 1.807) is 0 Å². The fourth-order valence-corrected chi connectivity index (χ4v) is 2.73. The van der Waals surface area contributed by atoms with Gasteiger partial charge in [0.1, 0.15) is 5.75 Å². The molecule has 0 saturated heterocycles. The second kappa shape index (κ2) is 6.79. The maximum atomic E-state index is 6.01. The molecule has 100 valence electrons. The molecule has 0 amide bonds. The van der Waals surface area contributed by atoms with Crippen LogP contribution in [0.3, 0.4) is 0 Å². The molecule has 0 unspecified atom stereocenters. The van der Waals surface area contributed by atoms with Crippen LogP contribution >= 0.6 is 0 Å². The van der Waals surface area contributed by atoms with Crippen molar-refractivity contribution in [3.8, 4) is 5.75 Å². The molecule has 1 aromatic rings. The zero-order valence-electron chi connectivity index (χ0n) is 11.4. The number of nitrogens with two attached hydrogens (primary N) is 1. The lowest BCUT2D eigenvalue weighted by Crippen LogP contribution is -2.14. The highest BCUT2D eigenvalue weighted by atomic mass is 16.5. The van der Waals surface area contributed by atoms with Gasteiger partial charge in [-0.3, -0.25) is 0 Å². The van der Waals surface area contributed by atoms with Crippen LogP contribution in [0, 0.1) is 5.92 Å². The Bertz CT molecular complexity index is 354. The highest BCUT2D eigenvalue weighted by Crippen LogP contribution is 2.27. The fraction of sp³-hybridized carbons (Fsp3) is 0.625. The summed E-state index contributed by atoms with van der Waals surface area (Å²) < 4.78 is 6.01. The Morgan fingerprint density at radius 3 is 2.50 bits per heavy atom. The average Bonchev–Trinajstić information content (AvgIpc) is 2.65. The number of ether oxygens (including phenoxy) is 1. The fourth-order valence-electron chi connectivity index (χ4n) is 2.73. The average molecular weight is 247 g/mol. The van der Waals surface area contributed by atoms with E-state index < -0.39 is 0 Å². The van der Waals surface area contributed by atoms with Gasteiger partial charge >= 0.3 is 0 Å². The highest BCUT2D eigenvalue weighted by molar-refractivity contribution is 5.35. The Morgan fingerprint density at radius 1 is 1.17 bits per heavy atom. The van der Waals surface area contributed by atoms with Gasteiger partial charge < -0.3 is 10.5 Å². The summed E-state index contributed by atoms with van der Waals surface area (Å²) in [6, 6.07) is 8.18. The zero-order valence-corrected chi connectivity index (χ0v) is 11.4. The standard InChI is InChI=1S/C16H25NO/c1-13(17)15-10-6-7-11-16(15)18-12-14-8-4-2-3-5-9-14/h6-7,10-11,13-14H,2-5,8-9,12,17H2,1H3/t13-/m1/s1. The minimum Gasteiger partial charge on any atom is -0.493 e. The summed E-state index contributed by atoms with van der Waals surface area (Å²) in [6.45, 7) is 2.86. The summed E-state index contributed by atoms with van der Waals surface area (Å²) in [7, 11) is 0. The van der Waals surface area contributed by atoms with Crippen LogP contribution in [0.15, 0.2) is 24.3 Å². The van der Waals surface area contributed by atoms with Crippen molar-refractivity contribution in [2.45, 2.75) is 51.5 Å². The molecule has 0 spiro atoms. The van der Waals surface area contributed by atoms with Crippen LogP contribution in [0.2, 0.25) is 0 Å². The first-order valence-electron chi connectivity index (χ1n) is 7.24. The van der Waals surface area contributed by atoms with Gasteiger partial charge in [0.15, 0.2) is 0 Å². The lowest BCUT2D eigenvalue weighted by atomic mass is 10.0. The van der Waals surface area contributed by atoms with Crippen molar-refractivity contribution >= 4 is 0 Å². The van der Waals surface area contributed by atoms with E-state index in [0.717, 1.165) is 23.8 Å². The lowest BCUT2D eigenvalue weighted by Gasteiger charge is -2.18. The molecule has 0 bridgehead atoms. The van der Waals surface area contributed by atoms with Gasteiger partial charge in [-0.2, -0.15) is 0 Å². The van der Waals surface area contributed by atoms with Gasteiger partial charge in [0.25, 0.3) is 0 Å². The first kappa shape index (κ1) is 13.4. The molecule has 1 aliphatic carbocycles. The molecule has 18 heavy (non-hydrogen) atoms. The summed E-state index contributed by atoms with van der Waals surface area (Å²) in [5.41, 5.74) is 7.09. The highest BCUT2D eigenvalue weighted by Gasteiger charge is 2.14. The summed E-state index contributed by atoms with van der Waals surface area (Å²) in [4.78, 5) is 0. The third-order valence-corrected chi connectivity index (χ3v) is 3.86. The molecule has 0 aromatic heterocycles. The number of rotatable bonds is 4. The molecular formula is C16H25NO. The second-order valence-corrected chi connectivity index (χ2v) is 5.50. The molecule has 0 heterocycles. The van der Waals surface area contributed by atoms with E-state index in [2.05, 4.69) is 6.07 Å². The van der Waals surface area contributed by atoms with Gasteiger partial charge in [0.05, 0.1) is 6.61 Å². The van der Waals surface area contributed by atoms with Crippen LogP contribution in [0.5, 0.6) is 5.75 Å². The number of para-hydroxylation sites is 1. The quantitative estimate of drug-likeness (QED) is 0.814. The minimum atomic E-state index is 0.0373. The smallest absolute Gasteiger partial charge is 0.124 e. The van der Waals surface area contributed by atoms with Crippen LogP contribution in [0.1, 0.15) is 57.1 Å². The minimum absolute atomic E-state index is 0.0373. The van der Waals surface area contributed by atoms with Crippen LogP contribution in [0.4, 0.5) is 0 Å². The molecule has 1 aliphatic rings. The lowest BCUT2D eigenvalue weighted by molar-refractivity contribution is 0.231. The van der Waals surface area contributed by atoms with Gasteiger partial charge in [-0.1, -0.05) is 43.9 Å². The van der Waals surface area contributed by atoms with Crippen molar-refractivity contribution in [2.75, 3.05) is 6.61 Å². The predicted molar refractivity (Wildman–Crippen MR) is 75.7 cm³/mol. The maximum Gasteiger partial charge on any atom is 0.124 e. The van der Waals surface area contributed by atoms with Gasteiger partial charge in [0.2, 0.25) is 0 Å². The summed E-state index contributed by atoms with van der Waals surface area (Å²) in [5, 5.41) is 0. The van der Waals surface area contributed by atoms with Crippen molar-refractivity contribution < 1.29 is 4.74 Å². The van der Waals surface area contributed by atoms with E-state index in [1.165, 1.54) is 38.5 Å². The van der Waals surface area contributed by atoms with Gasteiger partial charge in [-0.05, 0) is 31.7 Å². The summed E-state index contributed by atoms with van der Waals surface area (Å²) in [6.07, 6.45) is 8.16. The van der Waals surface area contributed by atoms with Gasteiger partial charge in [-0.25, -0.2) is 0 Å². The van der Waals surface area contributed by atoms with Crippen molar-refractivity contribution in [1.29, 1.82) is 0 Å². The summed E-state index contributed by atoms with van der Waals surface area (Å²) >= 11 is 0. The molecule has 1 atom stereocenters. The SMILES string of the molecule is C[C@@H](N)c1ccccc1OCC1CCCCCC1. The van der Waals surface area contributed by atoms with Crippen molar-refractivity contribution in [3.63, 3.8) is 0 Å². The van der Waals surface area contributed by atoms with Crippen molar-refractivity contribution in [3.05, 3.63) is 29.8 Å². The zero-order chi connectivity index (χ0) is 12.8. The molecule has 2 N–H and O–H groups in total. The third kappa shape index (κ3) is 3.74. The molecule has 0 aliphatic heterocycles. The van der Waals surface area contributed by atoms with Gasteiger partial charge in [-0.15, -0.1) is 0 Å². The molecule has 2 rings (SSSR count). The molecule has 0 radical (unpaired) electrons. The van der Waals surface area contributed by atoms with E-state index in [4.69, 9.17) is 10.5 Å². The number of hydrogen-bond donors (Lipinski definition) is 1. The van der Waals surface area contributed by atoms with Crippen molar-refractivity contribution in [1.82, 2.24) is 0 Å². The maximum absolute atomic E-state index is 6.01. The molecule has 2 heteroatoms.